The fourth-order valence-electron chi connectivity index (χ4n) is 7.37. The lowest BCUT2D eigenvalue weighted by atomic mass is 9.58. The van der Waals surface area contributed by atoms with Gasteiger partial charge < -0.3 is 0 Å². The summed E-state index contributed by atoms with van der Waals surface area (Å²) in [5, 5.41) is 0. The molecule has 1 heteroatoms. The van der Waals surface area contributed by atoms with E-state index in [1.807, 2.05) is 0 Å². The summed E-state index contributed by atoms with van der Waals surface area (Å²) >= 11 is 0. The molecule has 32 heavy (non-hydrogen) atoms. The van der Waals surface area contributed by atoms with Crippen LogP contribution in [0.2, 0.25) is 0 Å². The molecule has 3 aromatic rings. The molecule has 0 saturated heterocycles. The normalized spacial score (nSPS) is 21.5. The molecule has 0 saturated carbocycles. The number of aromatic nitrogens is 1. The van der Waals surface area contributed by atoms with E-state index < -0.39 is 0 Å². The van der Waals surface area contributed by atoms with Gasteiger partial charge in [-0.05, 0) is 59.2 Å². The number of hydrogen-bond acceptors (Lipinski definition) is 0. The van der Waals surface area contributed by atoms with Crippen molar-refractivity contribution in [2.45, 2.75) is 90.5 Å². The van der Waals surface area contributed by atoms with Crippen LogP contribution in [-0.2, 0) is 22.8 Å². The maximum Gasteiger partial charge on any atom is 0.217 e. The van der Waals surface area contributed by atoms with Crippen LogP contribution in [0.15, 0.2) is 54.7 Å². The molecule has 0 N–H and O–H groups in total. The lowest BCUT2D eigenvalue weighted by Crippen LogP contribution is -2.68. The van der Waals surface area contributed by atoms with Gasteiger partial charge in [0.1, 0.15) is 0 Å². The molecule has 1 atom stereocenters. The Hall–Kier alpha value is -2.41. The van der Waals surface area contributed by atoms with Crippen molar-refractivity contribution in [1.82, 2.24) is 0 Å². The smallest absolute Gasteiger partial charge is 0.192 e. The van der Waals surface area contributed by atoms with Crippen LogP contribution >= 0.6 is 0 Å². The lowest BCUT2D eigenvalue weighted by Gasteiger charge is -2.48. The molecule has 2 aliphatic rings. The van der Waals surface area contributed by atoms with Gasteiger partial charge in [-0.3, -0.25) is 0 Å². The summed E-state index contributed by atoms with van der Waals surface area (Å²) < 4.78 is 2.69. The van der Waals surface area contributed by atoms with E-state index in [0.717, 1.165) is 25.7 Å². The second kappa shape index (κ2) is 7.04. The molecule has 2 aromatic carbocycles. The van der Waals surface area contributed by atoms with Gasteiger partial charge in [0.25, 0.3) is 0 Å². The minimum absolute atomic E-state index is 0.00474. The van der Waals surface area contributed by atoms with Gasteiger partial charge in [-0.2, -0.15) is 4.57 Å². The zero-order valence-electron chi connectivity index (χ0n) is 21.0. The molecule has 1 nitrogen and oxygen atoms in total. The Bertz CT molecular complexity index is 1200. The molecule has 0 fully saturated rings. The maximum atomic E-state index is 2.69. The topological polar surface area (TPSA) is 3.88 Å². The molecule has 1 aliphatic carbocycles. The van der Waals surface area contributed by atoms with Crippen LogP contribution in [-0.4, -0.2) is 0 Å². The van der Waals surface area contributed by atoms with Crippen LogP contribution in [0.5, 0.6) is 0 Å². The fraction of sp³-hybridized carbons (Fsp3) is 0.452. The summed E-state index contributed by atoms with van der Waals surface area (Å²) in [6.45, 7) is 16.9. The Morgan fingerprint density at radius 2 is 1.41 bits per heavy atom. The molecule has 1 aliphatic heterocycles. The third-order valence-electron chi connectivity index (χ3n) is 9.36. The zero-order chi connectivity index (χ0) is 22.9. The van der Waals surface area contributed by atoms with E-state index >= 15 is 0 Å². The maximum absolute atomic E-state index is 2.69. The highest BCUT2D eigenvalue weighted by Crippen LogP contribution is 2.60. The van der Waals surface area contributed by atoms with Crippen LogP contribution in [0.3, 0.4) is 0 Å². The number of nitrogens with zero attached hydrogens (tertiary/aromatic N) is 1. The van der Waals surface area contributed by atoms with Gasteiger partial charge >= 0.3 is 0 Å². The second-order valence-corrected chi connectivity index (χ2v) is 10.6. The summed E-state index contributed by atoms with van der Waals surface area (Å²) in [4.78, 5) is 0. The van der Waals surface area contributed by atoms with E-state index in [1.165, 1.54) is 33.5 Å². The van der Waals surface area contributed by atoms with E-state index in [2.05, 4.69) is 108 Å². The minimum Gasteiger partial charge on any atom is -0.192 e. The highest BCUT2D eigenvalue weighted by Gasteiger charge is 2.62. The Morgan fingerprint density at radius 3 is 2.00 bits per heavy atom. The summed E-state index contributed by atoms with van der Waals surface area (Å²) in [7, 11) is 0. The SMILES string of the molecule is CCc1cc[n+]2c3c1C(C)(C)c1cc(-c4ccccc4)cc(c1-3)C(CC)(CC)C2(C)CC. The van der Waals surface area contributed by atoms with Crippen LogP contribution < -0.4 is 4.57 Å². The first-order valence-corrected chi connectivity index (χ1v) is 12.6. The van der Waals surface area contributed by atoms with Gasteiger partial charge in [-0.25, -0.2) is 0 Å². The van der Waals surface area contributed by atoms with Crippen LogP contribution in [0.25, 0.3) is 22.4 Å². The molecule has 1 aromatic heterocycles. The van der Waals surface area contributed by atoms with Crippen LogP contribution in [0.4, 0.5) is 0 Å². The minimum atomic E-state index is 0.00474. The number of pyridine rings is 1. The van der Waals surface area contributed by atoms with Gasteiger partial charge in [0.15, 0.2) is 11.7 Å². The van der Waals surface area contributed by atoms with Gasteiger partial charge in [-0.1, -0.05) is 71.9 Å². The van der Waals surface area contributed by atoms with E-state index in [1.54, 1.807) is 11.1 Å². The number of benzene rings is 2. The fourth-order valence-corrected chi connectivity index (χ4v) is 7.37. The van der Waals surface area contributed by atoms with Crippen LogP contribution in [0, 0.1) is 0 Å². The van der Waals surface area contributed by atoms with Crippen molar-refractivity contribution < 1.29 is 4.57 Å². The molecule has 2 heterocycles. The molecular formula is C31H38N+. The lowest BCUT2D eigenvalue weighted by molar-refractivity contribution is -0.766. The molecular weight excluding hydrogens is 386 g/mol. The molecule has 0 amide bonds. The van der Waals surface area contributed by atoms with Gasteiger partial charge in [-0.15, -0.1) is 0 Å². The predicted octanol–water partition coefficient (Wildman–Crippen LogP) is 7.71. The molecule has 1 unspecified atom stereocenters. The first kappa shape index (κ1) is 21.4. The third kappa shape index (κ3) is 2.38. The summed E-state index contributed by atoms with van der Waals surface area (Å²) in [5.74, 6) is 0. The Kier molecular flexibility index (Phi) is 4.72. The van der Waals surface area contributed by atoms with Crippen molar-refractivity contribution in [3.63, 3.8) is 0 Å². The van der Waals surface area contributed by atoms with Gasteiger partial charge in [0.05, 0.1) is 11.0 Å². The van der Waals surface area contributed by atoms with E-state index in [4.69, 9.17) is 0 Å². The standard InChI is InChI=1S/C31H38N/c1-8-21-17-18-32-28-26-24(29(5,6)27(21)28)19-23(22-15-13-12-14-16-22)20-25(26)31(10-3,11-4)30(32,7)9-2/h12-20H,8-11H2,1-7H3/q+1. The highest BCUT2D eigenvalue weighted by molar-refractivity contribution is 5.85. The third-order valence-corrected chi connectivity index (χ3v) is 9.36. The summed E-state index contributed by atoms with van der Waals surface area (Å²) in [5.41, 5.74) is 12.1. The van der Waals surface area contributed by atoms with Crippen molar-refractivity contribution in [2.75, 3.05) is 0 Å². The molecule has 166 valence electrons. The molecule has 0 spiro atoms. The first-order chi connectivity index (χ1) is 15.3. The van der Waals surface area contributed by atoms with Crippen molar-refractivity contribution in [1.29, 1.82) is 0 Å². The van der Waals surface area contributed by atoms with Crippen LogP contribution in [0.1, 0.15) is 90.0 Å². The largest absolute Gasteiger partial charge is 0.217 e. The number of rotatable bonds is 5. The number of hydrogen-bond donors (Lipinski definition) is 0. The van der Waals surface area contributed by atoms with Crippen molar-refractivity contribution in [2.24, 2.45) is 0 Å². The number of aryl methyl sites for hydroxylation is 1. The average molecular weight is 425 g/mol. The van der Waals surface area contributed by atoms with Gasteiger partial charge in [0.2, 0.25) is 5.69 Å². The van der Waals surface area contributed by atoms with E-state index in [0.29, 0.717) is 0 Å². The van der Waals surface area contributed by atoms with Crippen molar-refractivity contribution in [3.8, 4) is 22.4 Å². The van der Waals surface area contributed by atoms with Gasteiger partial charge in [0, 0.05) is 30.4 Å². The molecule has 0 radical (unpaired) electrons. The van der Waals surface area contributed by atoms with E-state index in [-0.39, 0.29) is 16.4 Å². The summed E-state index contributed by atoms with van der Waals surface area (Å²) in [6, 6.07) is 18.5. The van der Waals surface area contributed by atoms with Crippen molar-refractivity contribution in [3.05, 3.63) is 77.0 Å². The first-order valence-electron chi connectivity index (χ1n) is 12.6. The highest BCUT2D eigenvalue weighted by atomic mass is 15.1. The zero-order valence-corrected chi connectivity index (χ0v) is 21.0. The average Bonchev–Trinajstić information content (AvgIpc) is 3.07. The van der Waals surface area contributed by atoms with Crippen molar-refractivity contribution >= 4 is 0 Å². The quantitative estimate of drug-likeness (QED) is 0.369. The second-order valence-electron chi connectivity index (χ2n) is 10.6. The monoisotopic (exact) mass is 424 g/mol. The Morgan fingerprint density at radius 1 is 0.750 bits per heavy atom. The molecule has 0 bridgehead atoms. The summed E-state index contributed by atoms with van der Waals surface area (Å²) in [6.07, 6.45) is 6.92. The molecule has 5 rings (SSSR count). The predicted molar refractivity (Wildman–Crippen MR) is 135 cm³/mol. The Balaban J connectivity index is 1.99. The van der Waals surface area contributed by atoms with E-state index in [9.17, 15) is 0 Å². The Labute approximate surface area is 194 Å².